The van der Waals surface area contributed by atoms with E-state index in [1.807, 2.05) is 55.5 Å². The van der Waals surface area contributed by atoms with Crippen LogP contribution in [0.4, 0.5) is 5.69 Å². The molecule has 0 aliphatic carbocycles. The zero-order valence-electron chi connectivity index (χ0n) is 16.5. The van der Waals surface area contributed by atoms with Crippen molar-refractivity contribution in [1.82, 2.24) is 0 Å². The number of anilines is 1. The predicted octanol–water partition coefficient (Wildman–Crippen LogP) is 4.27. The van der Waals surface area contributed by atoms with Crippen LogP contribution in [0.3, 0.4) is 0 Å². The number of benzene rings is 2. The van der Waals surface area contributed by atoms with Crippen LogP contribution in [0.15, 0.2) is 65.4 Å². The number of carbonyl (C=O) groups is 2. The van der Waals surface area contributed by atoms with Crippen LogP contribution in [-0.2, 0) is 14.3 Å². The van der Waals surface area contributed by atoms with Gasteiger partial charge in [0.1, 0.15) is 5.75 Å². The summed E-state index contributed by atoms with van der Waals surface area (Å²) in [5.74, 6) is -0.0853. The molecule has 1 aliphatic rings. The lowest BCUT2D eigenvalue weighted by molar-refractivity contribution is -0.138. The zero-order chi connectivity index (χ0) is 20.3. The third kappa shape index (κ3) is 3.69. The molecule has 0 N–H and O–H groups in total. The van der Waals surface area contributed by atoms with Gasteiger partial charge in [0, 0.05) is 11.4 Å². The Morgan fingerprint density at radius 2 is 1.82 bits per heavy atom. The van der Waals surface area contributed by atoms with E-state index in [4.69, 9.17) is 9.47 Å². The van der Waals surface area contributed by atoms with Crippen molar-refractivity contribution in [2.24, 2.45) is 0 Å². The van der Waals surface area contributed by atoms with Crippen molar-refractivity contribution < 1.29 is 19.1 Å². The van der Waals surface area contributed by atoms with Crippen molar-refractivity contribution in [3.05, 3.63) is 76.5 Å². The van der Waals surface area contributed by atoms with Crippen molar-refractivity contribution in [3.63, 3.8) is 0 Å². The van der Waals surface area contributed by atoms with E-state index in [1.165, 1.54) is 0 Å². The Kier molecular flexibility index (Phi) is 5.64. The Balaban J connectivity index is 2.11. The average molecular weight is 377 g/mol. The molecule has 0 bridgehead atoms. The van der Waals surface area contributed by atoms with Gasteiger partial charge in [-0.15, -0.1) is 0 Å². The molecule has 0 saturated carbocycles. The Labute approximate surface area is 164 Å². The van der Waals surface area contributed by atoms with E-state index in [0.29, 0.717) is 22.7 Å². The van der Waals surface area contributed by atoms with Crippen molar-refractivity contribution in [2.45, 2.75) is 20.8 Å². The average Bonchev–Trinajstić information content (AvgIpc) is 2.93. The lowest BCUT2D eigenvalue weighted by Gasteiger charge is -2.18. The maximum Gasteiger partial charge on any atom is 0.340 e. The van der Waals surface area contributed by atoms with Crippen molar-refractivity contribution in [3.8, 4) is 5.75 Å². The minimum atomic E-state index is -0.503. The summed E-state index contributed by atoms with van der Waals surface area (Å²) in [6.45, 7) is 5.72. The Hall–Kier alpha value is -3.34. The number of nitrogens with zero attached hydrogens (tertiary/aromatic N) is 1. The molecule has 0 atom stereocenters. The van der Waals surface area contributed by atoms with Gasteiger partial charge >= 0.3 is 5.97 Å². The molecule has 0 saturated heterocycles. The van der Waals surface area contributed by atoms with Crippen LogP contribution in [0.25, 0.3) is 6.08 Å². The van der Waals surface area contributed by atoms with E-state index in [2.05, 4.69) is 0 Å². The fourth-order valence-corrected chi connectivity index (χ4v) is 3.18. The lowest BCUT2D eigenvalue weighted by atomic mass is 10.0. The summed E-state index contributed by atoms with van der Waals surface area (Å²) in [7, 11) is 1.58. The number of allylic oxidation sites excluding steroid dienone is 1. The van der Waals surface area contributed by atoms with Gasteiger partial charge in [-0.25, -0.2) is 4.79 Å². The molecule has 0 spiro atoms. The van der Waals surface area contributed by atoms with Gasteiger partial charge in [-0.3, -0.25) is 9.69 Å². The quantitative estimate of drug-likeness (QED) is 0.577. The maximum atomic E-state index is 13.3. The van der Waals surface area contributed by atoms with Crippen molar-refractivity contribution in [2.75, 3.05) is 18.6 Å². The molecule has 2 aromatic rings. The highest BCUT2D eigenvalue weighted by molar-refractivity contribution is 6.23. The molecule has 0 unspecified atom stereocenters. The first-order valence-electron chi connectivity index (χ1n) is 9.11. The zero-order valence-corrected chi connectivity index (χ0v) is 16.5. The molecule has 144 valence electrons. The van der Waals surface area contributed by atoms with E-state index < -0.39 is 5.97 Å². The minimum Gasteiger partial charge on any atom is -0.497 e. The van der Waals surface area contributed by atoms with Gasteiger partial charge in [0.15, 0.2) is 0 Å². The summed E-state index contributed by atoms with van der Waals surface area (Å²) in [4.78, 5) is 27.4. The highest BCUT2D eigenvalue weighted by Crippen LogP contribution is 2.35. The Morgan fingerprint density at radius 1 is 1.11 bits per heavy atom. The van der Waals surface area contributed by atoms with Gasteiger partial charge in [-0.05, 0) is 56.7 Å². The predicted molar refractivity (Wildman–Crippen MR) is 109 cm³/mol. The summed E-state index contributed by atoms with van der Waals surface area (Å²) < 4.78 is 10.5. The van der Waals surface area contributed by atoms with E-state index in [1.54, 1.807) is 31.9 Å². The molecule has 0 radical (unpaired) electrons. The molecule has 1 amide bonds. The minimum absolute atomic E-state index is 0.237. The molecule has 5 nitrogen and oxygen atoms in total. The Bertz CT molecular complexity index is 970. The van der Waals surface area contributed by atoms with Gasteiger partial charge in [-0.2, -0.15) is 0 Å². The van der Waals surface area contributed by atoms with E-state index in [0.717, 1.165) is 11.1 Å². The molecule has 1 heterocycles. The third-order valence-corrected chi connectivity index (χ3v) is 4.58. The number of amides is 1. The number of hydrogen-bond donors (Lipinski definition) is 0. The van der Waals surface area contributed by atoms with Crippen LogP contribution in [0, 0.1) is 6.92 Å². The van der Waals surface area contributed by atoms with Crippen molar-refractivity contribution >= 4 is 23.6 Å². The molecule has 28 heavy (non-hydrogen) atoms. The summed E-state index contributed by atoms with van der Waals surface area (Å²) in [5.41, 5.74) is 3.73. The highest BCUT2D eigenvalue weighted by atomic mass is 16.5. The molecular weight excluding hydrogens is 354 g/mol. The Morgan fingerprint density at radius 3 is 2.46 bits per heavy atom. The van der Waals surface area contributed by atoms with Gasteiger partial charge in [-0.1, -0.05) is 29.8 Å². The molecule has 3 rings (SSSR count). The second kappa shape index (κ2) is 8.13. The summed E-state index contributed by atoms with van der Waals surface area (Å²) in [5, 5.41) is 0. The second-order valence-electron chi connectivity index (χ2n) is 6.49. The number of esters is 1. The summed E-state index contributed by atoms with van der Waals surface area (Å²) in [6, 6.07) is 14.9. The van der Waals surface area contributed by atoms with E-state index in [-0.39, 0.29) is 18.1 Å². The number of hydrogen-bond acceptors (Lipinski definition) is 4. The molecule has 0 fully saturated rings. The lowest BCUT2D eigenvalue weighted by Crippen LogP contribution is -2.24. The van der Waals surface area contributed by atoms with Gasteiger partial charge in [0.25, 0.3) is 5.91 Å². The molecule has 5 heteroatoms. The fourth-order valence-electron chi connectivity index (χ4n) is 3.18. The summed E-state index contributed by atoms with van der Waals surface area (Å²) in [6.07, 6.45) is 1.70. The van der Waals surface area contributed by atoms with E-state index in [9.17, 15) is 9.59 Å². The summed E-state index contributed by atoms with van der Waals surface area (Å²) >= 11 is 0. The van der Waals surface area contributed by atoms with E-state index >= 15 is 0 Å². The largest absolute Gasteiger partial charge is 0.497 e. The molecule has 1 aliphatic heterocycles. The number of methoxy groups -OCH3 is 1. The van der Waals surface area contributed by atoms with Gasteiger partial charge in [0.2, 0.25) is 0 Å². The van der Waals surface area contributed by atoms with Crippen molar-refractivity contribution in [1.29, 1.82) is 0 Å². The number of carbonyl (C=O) groups excluding carboxylic acids is 2. The topological polar surface area (TPSA) is 55.8 Å². The monoisotopic (exact) mass is 377 g/mol. The first-order chi connectivity index (χ1) is 13.5. The normalized spacial score (nSPS) is 15.4. The van der Waals surface area contributed by atoms with Crippen LogP contribution < -0.4 is 9.64 Å². The SMILES string of the molecule is CCOC(=O)C1=C(C)N(c2ccc(C)cc2)C(=O)C1=Cc1cccc(OC)c1. The van der Waals surface area contributed by atoms with Crippen LogP contribution in [0.2, 0.25) is 0 Å². The van der Waals surface area contributed by atoms with Gasteiger partial charge < -0.3 is 9.47 Å². The molecular formula is C23H23NO4. The number of ether oxygens (including phenoxy) is 2. The van der Waals surface area contributed by atoms with Crippen LogP contribution >= 0.6 is 0 Å². The standard InChI is InChI=1S/C23H23NO4/c1-5-28-23(26)21-16(3)24(18-11-9-15(2)10-12-18)22(25)20(21)14-17-7-6-8-19(13-17)27-4/h6-14H,5H2,1-4H3. The third-order valence-electron chi connectivity index (χ3n) is 4.58. The maximum absolute atomic E-state index is 13.3. The highest BCUT2D eigenvalue weighted by Gasteiger charge is 2.38. The van der Waals surface area contributed by atoms with Gasteiger partial charge in [0.05, 0.1) is 24.9 Å². The number of aryl methyl sites for hydroxylation is 1. The molecule has 2 aromatic carbocycles. The van der Waals surface area contributed by atoms with Crippen LogP contribution in [-0.4, -0.2) is 25.6 Å². The second-order valence-corrected chi connectivity index (χ2v) is 6.49. The van der Waals surface area contributed by atoms with Crippen LogP contribution in [0.5, 0.6) is 5.75 Å². The smallest absolute Gasteiger partial charge is 0.340 e. The first kappa shape index (κ1) is 19.4. The molecule has 0 aromatic heterocycles. The first-order valence-corrected chi connectivity index (χ1v) is 9.11. The number of rotatable bonds is 5. The van der Waals surface area contributed by atoms with Crippen LogP contribution in [0.1, 0.15) is 25.0 Å². The fraction of sp³-hybridized carbons (Fsp3) is 0.217.